The highest BCUT2D eigenvalue weighted by Gasteiger charge is 2.41. The number of halogens is 5. The third-order valence-corrected chi connectivity index (χ3v) is 2.59. The third kappa shape index (κ3) is 3.87. The van der Waals surface area contributed by atoms with Crippen LogP contribution in [-0.4, -0.2) is 24.8 Å². The number of amides is 1. The molecule has 1 aromatic rings. The summed E-state index contributed by atoms with van der Waals surface area (Å²) < 4.78 is 48.8. The first kappa shape index (κ1) is 14.8. The van der Waals surface area contributed by atoms with Crippen molar-refractivity contribution in [3.8, 4) is 0 Å². The van der Waals surface area contributed by atoms with E-state index in [9.17, 15) is 22.4 Å². The van der Waals surface area contributed by atoms with Crippen molar-refractivity contribution in [1.29, 1.82) is 0 Å². The molecule has 100 valence electrons. The Kier molecular flexibility index (Phi) is 4.95. The van der Waals surface area contributed by atoms with E-state index in [0.717, 1.165) is 0 Å². The fraction of sp³-hybridized carbons (Fsp3) is 0.364. The van der Waals surface area contributed by atoms with Gasteiger partial charge in [-0.25, -0.2) is 8.78 Å². The lowest BCUT2D eigenvalue weighted by Crippen LogP contribution is -2.42. The van der Waals surface area contributed by atoms with Gasteiger partial charge < -0.3 is 5.32 Å². The highest BCUT2D eigenvalue weighted by atomic mass is 35.5. The summed E-state index contributed by atoms with van der Waals surface area (Å²) in [7, 11) is 0. The maximum atomic E-state index is 12.6. The minimum atomic E-state index is -4.26. The summed E-state index contributed by atoms with van der Waals surface area (Å²) in [4.78, 5) is 11.4. The van der Waals surface area contributed by atoms with E-state index in [1.807, 2.05) is 0 Å². The molecule has 1 rings (SSSR count). The Labute approximate surface area is 106 Å². The largest absolute Gasteiger partial charge is 0.348 e. The molecule has 0 aromatic heterocycles. The topological polar surface area (TPSA) is 29.1 Å². The summed E-state index contributed by atoms with van der Waals surface area (Å²) >= 11 is 5.72. The van der Waals surface area contributed by atoms with Gasteiger partial charge in [-0.2, -0.15) is 8.78 Å². The summed E-state index contributed by atoms with van der Waals surface area (Å²) in [5.74, 6) is -5.20. The molecule has 7 heteroatoms. The fourth-order valence-electron chi connectivity index (χ4n) is 1.15. The molecule has 1 aromatic carbocycles. The Balaban J connectivity index is 2.57. The first-order valence-electron chi connectivity index (χ1n) is 4.97. The molecule has 1 atom stereocenters. The highest BCUT2D eigenvalue weighted by molar-refractivity contribution is 6.30. The predicted octanol–water partition coefficient (Wildman–Crippen LogP) is 2.98. The molecule has 0 radical (unpaired) electrons. The molecule has 1 unspecified atom stereocenters. The van der Waals surface area contributed by atoms with E-state index >= 15 is 0 Å². The van der Waals surface area contributed by atoms with Gasteiger partial charge in [0.25, 0.3) is 0 Å². The average Bonchev–Trinajstić information content (AvgIpc) is 2.36. The van der Waals surface area contributed by atoms with Gasteiger partial charge in [-0.05, 0) is 5.56 Å². The quantitative estimate of drug-likeness (QED) is 0.653. The Morgan fingerprint density at radius 3 is 2.33 bits per heavy atom. The van der Waals surface area contributed by atoms with Crippen LogP contribution in [0.25, 0.3) is 0 Å². The van der Waals surface area contributed by atoms with Crippen LogP contribution in [0, 0.1) is 0 Å². The minimum Gasteiger partial charge on any atom is -0.348 e. The van der Waals surface area contributed by atoms with E-state index in [0.29, 0.717) is 5.56 Å². The monoisotopic (exact) mass is 283 g/mol. The average molecular weight is 284 g/mol. The number of hydrogen-bond donors (Lipinski definition) is 1. The van der Waals surface area contributed by atoms with Crippen molar-refractivity contribution in [2.24, 2.45) is 0 Å². The van der Waals surface area contributed by atoms with Gasteiger partial charge in [0.2, 0.25) is 5.91 Å². The summed E-state index contributed by atoms with van der Waals surface area (Å²) in [5, 5.41) is 0.507. The molecule has 0 aliphatic heterocycles. The van der Waals surface area contributed by atoms with Gasteiger partial charge in [0, 0.05) is 0 Å². The zero-order valence-electron chi connectivity index (χ0n) is 9.05. The van der Waals surface area contributed by atoms with Crippen molar-refractivity contribution in [2.45, 2.75) is 17.7 Å². The van der Waals surface area contributed by atoms with Crippen LogP contribution in [0.4, 0.5) is 17.6 Å². The summed E-state index contributed by atoms with van der Waals surface area (Å²) in [6.45, 7) is -1.44. The van der Waals surface area contributed by atoms with E-state index in [1.54, 1.807) is 23.5 Å². The Hall–Kier alpha value is -1.30. The number of carbonyl (C=O) groups is 1. The molecule has 0 spiro atoms. The zero-order valence-corrected chi connectivity index (χ0v) is 9.80. The molecule has 0 saturated carbocycles. The first-order chi connectivity index (χ1) is 8.34. The molecule has 0 aliphatic rings. The van der Waals surface area contributed by atoms with Crippen molar-refractivity contribution in [2.75, 3.05) is 6.54 Å². The summed E-state index contributed by atoms with van der Waals surface area (Å²) in [6.07, 6.45) is -3.83. The predicted molar refractivity (Wildman–Crippen MR) is 59.0 cm³/mol. The van der Waals surface area contributed by atoms with Gasteiger partial charge in [0.15, 0.2) is 0 Å². The van der Waals surface area contributed by atoms with Gasteiger partial charge in [0.05, 0.1) is 6.54 Å². The van der Waals surface area contributed by atoms with Crippen molar-refractivity contribution in [3.05, 3.63) is 35.9 Å². The molecule has 18 heavy (non-hydrogen) atoms. The fourth-order valence-corrected chi connectivity index (χ4v) is 1.37. The number of nitrogens with one attached hydrogen (secondary N) is 1. The second-order valence-electron chi connectivity index (χ2n) is 3.55. The second kappa shape index (κ2) is 6.04. The number of rotatable bonds is 5. The molecule has 0 aliphatic carbocycles. The standard InChI is InChI=1S/C11H10ClF4NO/c12-8(7-4-2-1-3-5-7)9(18)17-6-11(15,16)10(13)14/h1-5,8,10H,6H2,(H,17,18). The molecule has 0 fully saturated rings. The molecule has 0 bridgehead atoms. The maximum absolute atomic E-state index is 12.6. The Morgan fingerprint density at radius 2 is 1.83 bits per heavy atom. The van der Waals surface area contributed by atoms with E-state index < -0.39 is 30.2 Å². The molecule has 1 amide bonds. The van der Waals surface area contributed by atoms with Gasteiger partial charge >= 0.3 is 12.3 Å². The van der Waals surface area contributed by atoms with Gasteiger partial charge in [-0.15, -0.1) is 11.6 Å². The number of carbonyl (C=O) groups excluding carboxylic acids is 1. The van der Waals surface area contributed by atoms with E-state index in [1.165, 1.54) is 12.1 Å². The van der Waals surface area contributed by atoms with E-state index in [4.69, 9.17) is 11.6 Å². The molecule has 1 N–H and O–H groups in total. The Morgan fingerprint density at radius 1 is 1.28 bits per heavy atom. The van der Waals surface area contributed by atoms with Crippen molar-refractivity contribution in [3.63, 3.8) is 0 Å². The van der Waals surface area contributed by atoms with Crippen LogP contribution in [0.2, 0.25) is 0 Å². The summed E-state index contributed by atoms with van der Waals surface area (Å²) in [5.41, 5.74) is 0.400. The maximum Gasteiger partial charge on any atom is 0.324 e. The zero-order chi connectivity index (χ0) is 13.8. The lowest BCUT2D eigenvalue weighted by molar-refractivity contribution is -0.136. The third-order valence-electron chi connectivity index (χ3n) is 2.14. The van der Waals surface area contributed by atoms with Gasteiger partial charge in [-0.1, -0.05) is 30.3 Å². The van der Waals surface area contributed by atoms with Crippen LogP contribution in [-0.2, 0) is 4.79 Å². The normalized spacial score (nSPS) is 13.4. The molecular weight excluding hydrogens is 274 g/mol. The lowest BCUT2D eigenvalue weighted by Gasteiger charge is -2.17. The number of alkyl halides is 5. The van der Waals surface area contributed by atoms with E-state index in [2.05, 4.69) is 0 Å². The van der Waals surface area contributed by atoms with Crippen molar-refractivity contribution in [1.82, 2.24) is 5.32 Å². The molecule has 0 heterocycles. The smallest absolute Gasteiger partial charge is 0.324 e. The number of benzene rings is 1. The van der Waals surface area contributed by atoms with Crippen LogP contribution in [0.1, 0.15) is 10.9 Å². The van der Waals surface area contributed by atoms with Crippen LogP contribution in [0.3, 0.4) is 0 Å². The minimum absolute atomic E-state index is 0.400. The molecule has 2 nitrogen and oxygen atoms in total. The van der Waals surface area contributed by atoms with Crippen LogP contribution in [0.15, 0.2) is 30.3 Å². The van der Waals surface area contributed by atoms with Crippen LogP contribution < -0.4 is 5.32 Å². The van der Waals surface area contributed by atoms with Crippen LogP contribution in [0.5, 0.6) is 0 Å². The highest BCUT2D eigenvalue weighted by Crippen LogP contribution is 2.23. The summed E-state index contributed by atoms with van der Waals surface area (Å²) in [6, 6.07) is 7.98. The van der Waals surface area contributed by atoms with Crippen molar-refractivity contribution < 1.29 is 22.4 Å². The first-order valence-corrected chi connectivity index (χ1v) is 5.41. The molecule has 0 saturated heterocycles. The Bertz CT molecular complexity index is 399. The van der Waals surface area contributed by atoms with Crippen molar-refractivity contribution >= 4 is 17.5 Å². The number of hydrogen-bond acceptors (Lipinski definition) is 1. The van der Waals surface area contributed by atoms with E-state index in [-0.39, 0.29) is 0 Å². The SMILES string of the molecule is O=C(NCC(F)(F)C(F)F)C(Cl)c1ccccc1. The molecular formula is C11H10ClF4NO. The second-order valence-corrected chi connectivity index (χ2v) is 3.99. The lowest BCUT2D eigenvalue weighted by atomic mass is 10.1. The van der Waals surface area contributed by atoms with Gasteiger partial charge in [0.1, 0.15) is 5.38 Å². The van der Waals surface area contributed by atoms with Crippen LogP contribution >= 0.6 is 11.6 Å². The van der Waals surface area contributed by atoms with Gasteiger partial charge in [-0.3, -0.25) is 4.79 Å².